The van der Waals surface area contributed by atoms with Crippen molar-refractivity contribution in [3.8, 4) is 0 Å². The number of benzene rings is 3. The molecule has 3 aromatic rings. The van der Waals surface area contributed by atoms with Gasteiger partial charge in [0.05, 0.1) is 11.0 Å². The first-order valence-corrected chi connectivity index (χ1v) is 9.83. The van der Waals surface area contributed by atoms with E-state index in [1.165, 1.54) is 0 Å². The van der Waals surface area contributed by atoms with Gasteiger partial charge in [-0.1, -0.05) is 66.7 Å². The van der Waals surface area contributed by atoms with E-state index in [0.29, 0.717) is 5.69 Å². The fraction of sp³-hybridized carbons (Fsp3) is 0.250. The second-order valence-electron chi connectivity index (χ2n) is 7.41. The summed E-state index contributed by atoms with van der Waals surface area (Å²) < 4.78 is 0. The number of anilines is 1. The molecule has 0 unspecified atom stereocenters. The number of rotatable bonds is 9. The Kier molecular flexibility index (Phi) is 6.98. The highest BCUT2D eigenvalue weighted by Gasteiger charge is 2.20. The maximum Gasteiger partial charge on any atom is 0.292 e. The lowest BCUT2D eigenvalue weighted by Gasteiger charge is -2.21. The molecule has 29 heavy (non-hydrogen) atoms. The Morgan fingerprint density at radius 2 is 1.52 bits per heavy atom. The topological polar surface area (TPSA) is 58.4 Å². The van der Waals surface area contributed by atoms with Crippen molar-refractivity contribution in [1.29, 1.82) is 0 Å². The molecule has 0 radical (unpaired) electrons. The summed E-state index contributed by atoms with van der Waals surface area (Å²) in [5, 5.41) is 15.1. The summed E-state index contributed by atoms with van der Waals surface area (Å²) >= 11 is 0. The van der Waals surface area contributed by atoms with E-state index in [2.05, 4.69) is 10.2 Å². The van der Waals surface area contributed by atoms with Gasteiger partial charge < -0.3 is 10.2 Å². The van der Waals surface area contributed by atoms with E-state index < -0.39 is 0 Å². The van der Waals surface area contributed by atoms with Gasteiger partial charge in [-0.3, -0.25) is 10.1 Å². The van der Waals surface area contributed by atoms with Gasteiger partial charge in [-0.05, 0) is 56.2 Å². The number of nitro groups is 1. The van der Waals surface area contributed by atoms with Crippen LogP contribution in [0.25, 0.3) is 0 Å². The van der Waals surface area contributed by atoms with Crippen LogP contribution >= 0.6 is 0 Å². The van der Waals surface area contributed by atoms with Gasteiger partial charge in [0.15, 0.2) is 0 Å². The first-order valence-electron chi connectivity index (χ1n) is 9.83. The predicted octanol–water partition coefficient (Wildman–Crippen LogP) is 5.29. The van der Waals surface area contributed by atoms with Gasteiger partial charge in [-0.25, -0.2) is 0 Å². The van der Waals surface area contributed by atoms with Crippen LogP contribution in [0.5, 0.6) is 0 Å². The lowest BCUT2D eigenvalue weighted by molar-refractivity contribution is -0.384. The van der Waals surface area contributed by atoms with E-state index in [-0.39, 0.29) is 16.7 Å². The van der Waals surface area contributed by atoms with Gasteiger partial charge in [0.1, 0.15) is 5.69 Å². The van der Waals surface area contributed by atoms with Gasteiger partial charge in [0.2, 0.25) is 0 Å². The highest BCUT2D eigenvalue weighted by atomic mass is 16.6. The van der Waals surface area contributed by atoms with Gasteiger partial charge in [0, 0.05) is 6.07 Å². The van der Waals surface area contributed by atoms with Gasteiger partial charge in [-0.15, -0.1) is 0 Å². The summed E-state index contributed by atoms with van der Waals surface area (Å²) in [4.78, 5) is 13.5. The summed E-state index contributed by atoms with van der Waals surface area (Å²) in [6.07, 6.45) is 1.89. The third kappa shape index (κ3) is 5.65. The lowest BCUT2D eigenvalue weighted by Crippen LogP contribution is -2.14. The summed E-state index contributed by atoms with van der Waals surface area (Å²) in [5.41, 5.74) is 3.87. The third-order valence-electron chi connectivity index (χ3n) is 4.89. The molecule has 5 heteroatoms. The molecule has 3 aromatic carbocycles. The van der Waals surface area contributed by atoms with Crippen LogP contribution in [0.4, 0.5) is 11.4 Å². The van der Waals surface area contributed by atoms with E-state index in [1.54, 1.807) is 6.07 Å². The Balaban J connectivity index is 1.94. The number of hydrogen-bond donors (Lipinski definition) is 1. The number of nitrogens with zero attached hydrogens (tertiary/aromatic N) is 2. The third-order valence-corrected chi connectivity index (χ3v) is 4.89. The molecule has 5 nitrogen and oxygen atoms in total. The standard InChI is InChI=1S/C24H27N3O2/c1-26(2)17-9-10-19-15-16-23(27(28)29)22(18-19)25-24(20-11-5-3-6-12-20)21-13-7-4-8-14-21/h3-8,11-16,18,24-25H,9-10,17H2,1-2H3. The number of hydrogen-bond acceptors (Lipinski definition) is 4. The summed E-state index contributed by atoms with van der Waals surface area (Å²) in [6.45, 7) is 0.983. The van der Waals surface area contributed by atoms with E-state index in [9.17, 15) is 10.1 Å². The van der Waals surface area contributed by atoms with Crippen LogP contribution in [0.1, 0.15) is 29.2 Å². The Morgan fingerprint density at radius 1 is 0.931 bits per heavy atom. The van der Waals surface area contributed by atoms with Crippen molar-refractivity contribution in [2.24, 2.45) is 0 Å². The minimum Gasteiger partial charge on any atom is -0.369 e. The molecule has 0 saturated carbocycles. The monoisotopic (exact) mass is 389 g/mol. The molecule has 0 spiro atoms. The fourth-order valence-corrected chi connectivity index (χ4v) is 3.42. The summed E-state index contributed by atoms with van der Waals surface area (Å²) in [5.74, 6) is 0. The Hall–Kier alpha value is -3.18. The zero-order valence-corrected chi connectivity index (χ0v) is 16.9. The minimum atomic E-state index is -0.320. The predicted molar refractivity (Wildman–Crippen MR) is 118 cm³/mol. The molecule has 0 atom stereocenters. The van der Waals surface area contributed by atoms with Crippen LogP contribution in [0, 0.1) is 10.1 Å². The Labute approximate surface area is 172 Å². The van der Waals surface area contributed by atoms with E-state index >= 15 is 0 Å². The first-order chi connectivity index (χ1) is 14.0. The van der Waals surface area contributed by atoms with Crippen molar-refractivity contribution in [2.75, 3.05) is 26.0 Å². The van der Waals surface area contributed by atoms with Gasteiger partial charge >= 0.3 is 0 Å². The van der Waals surface area contributed by atoms with Crippen molar-refractivity contribution < 1.29 is 4.92 Å². The molecule has 0 aliphatic heterocycles. The largest absolute Gasteiger partial charge is 0.369 e. The van der Waals surface area contributed by atoms with Crippen molar-refractivity contribution in [3.05, 3.63) is 106 Å². The Bertz CT molecular complexity index is 888. The normalized spacial score (nSPS) is 11.0. The lowest BCUT2D eigenvalue weighted by atomic mass is 9.98. The molecule has 0 aliphatic rings. The molecule has 150 valence electrons. The summed E-state index contributed by atoms with van der Waals surface area (Å²) in [7, 11) is 4.10. The molecule has 0 aliphatic carbocycles. The highest BCUT2D eigenvalue weighted by Crippen LogP contribution is 2.32. The minimum absolute atomic E-state index is 0.0956. The zero-order valence-electron chi connectivity index (χ0n) is 16.9. The van der Waals surface area contributed by atoms with Crippen molar-refractivity contribution >= 4 is 11.4 Å². The molecule has 0 saturated heterocycles. The SMILES string of the molecule is CN(C)CCCc1ccc([N+](=O)[O-])c(NC(c2ccccc2)c2ccccc2)c1. The fourth-order valence-electron chi connectivity index (χ4n) is 3.42. The molecule has 0 aromatic heterocycles. The van der Waals surface area contributed by atoms with Crippen LogP contribution in [0.15, 0.2) is 78.9 Å². The summed E-state index contributed by atoms with van der Waals surface area (Å²) in [6, 6.07) is 25.3. The molecular weight excluding hydrogens is 362 g/mol. The van der Waals surface area contributed by atoms with Crippen LogP contribution < -0.4 is 5.32 Å². The van der Waals surface area contributed by atoms with Crippen LogP contribution in [-0.4, -0.2) is 30.5 Å². The van der Waals surface area contributed by atoms with Crippen LogP contribution in [0.3, 0.4) is 0 Å². The molecule has 0 heterocycles. The molecule has 0 bridgehead atoms. The van der Waals surface area contributed by atoms with E-state index in [0.717, 1.165) is 36.1 Å². The van der Waals surface area contributed by atoms with E-state index in [1.807, 2.05) is 86.9 Å². The first kappa shape index (κ1) is 20.6. The highest BCUT2D eigenvalue weighted by molar-refractivity contribution is 5.64. The van der Waals surface area contributed by atoms with Crippen LogP contribution in [0.2, 0.25) is 0 Å². The zero-order chi connectivity index (χ0) is 20.6. The number of nitrogens with one attached hydrogen (secondary N) is 1. The van der Waals surface area contributed by atoms with Crippen molar-refractivity contribution in [3.63, 3.8) is 0 Å². The number of aryl methyl sites for hydroxylation is 1. The second kappa shape index (κ2) is 9.85. The van der Waals surface area contributed by atoms with Crippen molar-refractivity contribution in [2.45, 2.75) is 18.9 Å². The Morgan fingerprint density at radius 3 is 2.03 bits per heavy atom. The van der Waals surface area contributed by atoms with Crippen LogP contribution in [-0.2, 0) is 6.42 Å². The molecule has 0 amide bonds. The maximum atomic E-state index is 11.6. The van der Waals surface area contributed by atoms with E-state index in [4.69, 9.17) is 0 Å². The molecule has 1 N–H and O–H groups in total. The van der Waals surface area contributed by atoms with Gasteiger partial charge in [-0.2, -0.15) is 0 Å². The average Bonchev–Trinajstić information content (AvgIpc) is 2.73. The average molecular weight is 389 g/mol. The smallest absolute Gasteiger partial charge is 0.292 e. The quantitative estimate of drug-likeness (QED) is 0.399. The van der Waals surface area contributed by atoms with Crippen molar-refractivity contribution in [1.82, 2.24) is 4.90 Å². The number of nitro benzene ring substituents is 1. The van der Waals surface area contributed by atoms with Gasteiger partial charge in [0.25, 0.3) is 5.69 Å². The molecule has 0 fully saturated rings. The maximum absolute atomic E-state index is 11.6. The molecular formula is C24H27N3O2. The molecule has 3 rings (SSSR count). The second-order valence-corrected chi connectivity index (χ2v) is 7.41.